The van der Waals surface area contributed by atoms with Crippen molar-refractivity contribution in [3.05, 3.63) is 47.2 Å². The van der Waals surface area contributed by atoms with Crippen LogP contribution < -0.4 is 0 Å². The Morgan fingerprint density at radius 3 is 2.69 bits per heavy atom. The van der Waals surface area contributed by atoms with Crippen molar-refractivity contribution in [1.29, 1.82) is 0 Å². The number of rotatable bonds is 3. The Kier molecular flexibility index (Phi) is 4.59. The standard InChI is InChI=1S/C19H21F3N6O/c1-11(2)27-10-14(8-23-27)18(29)26-5-4-13(9-26)15-7-17-24-12(3)6-16(19(20,21)22)28(17)25-15/h6-8,10-11,13H,4-5,9H2,1-3H3. The minimum Gasteiger partial charge on any atom is -0.338 e. The molecule has 0 N–H and O–H groups in total. The Bertz CT molecular complexity index is 1070. The first-order valence-corrected chi connectivity index (χ1v) is 9.41. The summed E-state index contributed by atoms with van der Waals surface area (Å²) in [5.74, 6) is -0.268. The summed E-state index contributed by atoms with van der Waals surface area (Å²) < 4.78 is 42.6. The molecule has 0 radical (unpaired) electrons. The second-order valence-corrected chi connectivity index (χ2v) is 7.66. The predicted molar refractivity (Wildman–Crippen MR) is 98.6 cm³/mol. The maximum Gasteiger partial charge on any atom is 0.433 e. The van der Waals surface area contributed by atoms with Gasteiger partial charge < -0.3 is 4.90 Å². The lowest BCUT2D eigenvalue weighted by Crippen LogP contribution is -2.28. The molecule has 0 aliphatic carbocycles. The first-order valence-electron chi connectivity index (χ1n) is 9.41. The minimum atomic E-state index is -4.52. The number of aryl methyl sites for hydroxylation is 1. The molecule has 0 aromatic carbocycles. The third kappa shape index (κ3) is 3.58. The molecule has 3 aromatic heterocycles. The molecule has 0 bridgehead atoms. The van der Waals surface area contributed by atoms with Gasteiger partial charge in [-0.25, -0.2) is 9.50 Å². The summed E-state index contributed by atoms with van der Waals surface area (Å²) in [6.07, 6.45) is -0.631. The van der Waals surface area contributed by atoms with Gasteiger partial charge >= 0.3 is 6.18 Å². The largest absolute Gasteiger partial charge is 0.433 e. The van der Waals surface area contributed by atoms with Gasteiger partial charge in [-0.1, -0.05) is 0 Å². The molecule has 4 heterocycles. The van der Waals surface area contributed by atoms with Crippen molar-refractivity contribution in [3.63, 3.8) is 0 Å². The van der Waals surface area contributed by atoms with E-state index in [0.29, 0.717) is 30.8 Å². The average Bonchev–Trinajstić information content (AvgIpc) is 3.37. The van der Waals surface area contributed by atoms with E-state index in [1.807, 2.05) is 13.8 Å². The first kappa shape index (κ1) is 19.4. The zero-order valence-corrected chi connectivity index (χ0v) is 16.3. The summed E-state index contributed by atoms with van der Waals surface area (Å²) >= 11 is 0. The van der Waals surface area contributed by atoms with Gasteiger partial charge in [-0.3, -0.25) is 9.48 Å². The lowest BCUT2D eigenvalue weighted by molar-refractivity contribution is -0.142. The van der Waals surface area contributed by atoms with Crippen LogP contribution in [0.15, 0.2) is 24.5 Å². The van der Waals surface area contributed by atoms with Gasteiger partial charge in [0.05, 0.1) is 17.5 Å². The normalized spacial score (nSPS) is 17.6. The second-order valence-electron chi connectivity index (χ2n) is 7.66. The molecule has 0 saturated carbocycles. The molecule has 1 saturated heterocycles. The number of hydrogen-bond acceptors (Lipinski definition) is 4. The van der Waals surface area contributed by atoms with E-state index in [1.165, 1.54) is 6.92 Å². The second kappa shape index (κ2) is 6.85. The van der Waals surface area contributed by atoms with Crippen molar-refractivity contribution < 1.29 is 18.0 Å². The average molecular weight is 406 g/mol. The van der Waals surface area contributed by atoms with E-state index in [9.17, 15) is 18.0 Å². The fourth-order valence-electron chi connectivity index (χ4n) is 3.62. The fraction of sp³-hybridized carbons (Fsp3) is 0.474. The summed E-state index contributed by atoms with van der Waals surface area (Å²) in [5.41, 5.74) is 0.614. The Morgan fingerprint density at radius 1 is 1.28 bits per heavy atom. The number of nitrogens with zero attached hydrogens (tertiary/aromatic N) is 6. The highest BCUT2D eigenvalue weighted by molar-refractivity contribution is 5.94. The smallest absolute Gasteiger partial charge is 0.338 e. The summed E-state index contributed by atoms with van der Waals surface area (Å²) in [4.78, 5) is 18.6. The van der Waals surface area contributed by atoms with Crippen LogP contribution in [0.25, 0.3) is 5.65 Å². The van der Waals surface area contributed by atoms with Crippen molar-refractivity contribution in [2.45, 2.75) is 45.3 Å². The van der Waals surface area contributed by atoms with Crippen molar-refractivity contribution in [2.24, 2.45) is 0 Å². The van der Waals surface area contributed by atoms with Crippen molar-refractivity contribution in [3.8, 4) is 0 Å². The zero-order chi connectivity index (χ0) is 20.9. The third-order valence-electron chi connectivity index (χ3n) is 5.14. The van der Waals surface area contributed by atoms with Crippen LogP contribution in [0.2, 0.25) is 0 Å². The van der Waals surface area contributed by atoms with Gasteiger partial charge in [0.1, 0.15) is 5.69 Å². The number of carbonyl (C=O) groups excluding carboxylic acids is 1. The van der Waals surface area contributed by atoms with Gasteiger partial charge in [-0.2, -0.15) is 23.4 Å². The van der Waals surface area contributed by atoms with Crippen molar-refractivity contribution >= 4 is 11.6 Å². The fourth-order valence-corrected chi connectivity index (χ4v) is 3.62. The Balaban J connectivity index is 1.57. The molecule has 1 amide bonds. The molecular weight excluding hydrogens is 385 g/mol. The van der Waals surface area contributed by atoms with E-state index in [1.54, 1.807) is 28.0 Å². The summed E-state index contributed by atoms with van der Waals surface area (Å²) in [6.45, 7) is 6.39. The molecule has 1 unspecified atom stereocenters. The van der Waals surface area contributed by atoms with E-state index >= 15 is 0 Å². The van der Waals surface area contributed by atoms with Gasteiger partial charge in [-0.15, -0.1) is 0 Å². The van der Waals surface area contributed by atoms with Gasteiger partial charge in [-0.05, 0) is 33.3 Å². The summed E-state index contributed by atoms with van der Waals surface area (Å²) in [7, 11) is 0. The molecule has 1 fully saturated rings. The number of carbonyl (C=O) groups is 1. The molecule has 1 aliphatic rings. The molecule has 7 nitrogen and oxygen atoms in total. The number of halogens is 3. The number of alkyl halides is 3. The summed E-state index contributed by atoms with van der Waals surface area (Å²) in [6, 6.07) is 2.72. The predicted octanol–water partition coefficient (Wildman–Crippen LogP) is 3.46. The molecule has 1 aliphatic heterocycles. The quantitative estimate of drug-likeness (QED) is 0.668. The maximum atomic E-state index is 13.3. The molecule has 10 heteroatoms. The number of fused-ring (bicyclic) bond motifs is 1. The monoisotopic (exact) mass is 406 g/mol. The Morgan fingerprint density at radius 2 is 2.03 bits per heavy atom. The highest BCUT2D eigenvalue weighted by atomic mass is 19.4. The van der Waals surface area contributed by atoms with E-state index in [2.05, 4.69) is 15.2 Å². The molecular formula is C19H21F3N6O. The van der Waals surface area contributed by atoms with E-state index < -0.39 is 11.9 Å². The van der Waals surface area contributed by atoms with Crippen molar-refractivity contribution in [2.75, 3.05) is 13.1 Å². The highest BCUT2D eigenvalue weighted by Crippen LogP contribution is 2.32. The van der Waals surface area contributed by atoms with Gasteiger partial charge in [0.2, 0.25) is 0 Å². The lowest BCUT2D eigenvalue weighted by Gasteiger charge is -2.15. The van der Waals surface area contributed by atoms with Crippen LogP contribution in [-0.2, 0) is 6.18 Å². The van der Waals surface area contributed by atoms with Gasteiger partial charge in [0.15, 0.2) is 5.65 Å². The molecule has 0 spiro atoms. The molecule has 4 rings (SSSR count). The SMILES string of the molecule is Cc1cc(C(F)(F)F)n2nc(C3CCN(C(=O)c4cnn(C(C)C)c4)C3)cc2n1. The van der Waals surface area contributed by atoms with E-state index in [-0.39, 0.29) is 29.2 Å². The molecule has 3 aromatic rings. The van der Waals surface area contributed by atoms with Crippen LogP contribution in [-0.4, -0.2) is 48.3 Å². The molecule has 1 atom stereocenters. The van der Waals surface area contributed by atoms with Crippen LogP contribution in [0.1, 0.15) is 59.7 Å². The Hall–Kier alpha value is -2.91. The van der Waals surface area contributed by atoms with E-state index in [0.717, 1.165) is 10.6 Å². The van der Waals surface area contributed by atoms with Gasteiger partial charge in [0, 0.05) is 43.0 Å². The van der Waals surface area contributed by atoms with E-state index in [4.69, 9.17) is 0 Å². The zero-order valence-electron chi connectivity index (χ0n) is 16.3. The summed E-state index contributed by atoms with van der Waals surface area (Å²) in [5, 5.41) is 8.37. The minimum absolute atomic E-state index is 0.131. The topological polar surface area (TPSA) is 68.3 Å². The maximum absolute atomic E-state index is 13.3. The number of aromatic nitrogens is 5. The highest BCUT2D eigenvalue weighted by Gasteiger charge is 2.36. The number of likely N-dealkylation sites (tertiary alicyclic amines) is 1. The van der Waals surface area contributed by atoms with Crippen molar-refractivity contribution in [1.82, 2.24) is 29.3 Å². The van der Waals surface area contributed by atoms with Gasteiger partial charge in [0.25, 0.3) is 5.91 Å². The molecule has 29 heavy (non-hydrogen) atoms. The van der Waals surface area contributed by atoms with Crippen LogP contribution in [0.3, 0.4) is 0 Å². The van der Waals surface area contributed by atoms with Crippen LogP contribution in [0.4, 0.5) is 13.2 Å². The van der Waals surface area contributed by atoms with Crippen LogP contribution in [0, 0.1) is 6.92 Å². The lowest BCUT2D eigenvalue weighted by atomic mass is 10.1. The number of amides is 1. The van der Waals surface area contributed by atoms with Crippen LogP contribution in [0.5, 0.6) is 0 Å². The molecule has 154 valence electrons. The number of hydrogen-bond donors (Lipinski definition) is 0. The third-order valence-corrected chi connectivity index (χ3v) is 5.14. The van der Waals surface area contributed by atoms with Crippen LogP contribution >= 0.6 is 0 Å². The Labute approximate surface area is 165 Å². The first-order chi connectivity index (χ1) is 13.6.